The highest BCUT2D eigenvalue weighted by atomic mass is 16.5. The molecule has 2 amide bonds. The summed E-state index contributed by atoms with van der Waals surface area (Å²) in [6.45, 7) is 5.49. The van der Waals surface area contributed by atoms with Gasteiger partial charge in [0.2, 0.25) is 11.8 Å². The zero-order chi connectivity index (χ0) is 19.2. The molecule has 0 radical (unpaired) electrons. The smallest absolute Gasteiger partial charge is 0.246 e. The molecule has 144 valence electrons. The van der Waals surface area contributed by atoms with Crippen LogP contribution in [0.25, 0.3) is 0 Å². The van der Waals surface area contributed by atoms with Crippen LogP contribution in [0.2, 0.25) is 0 Å². The Kier molecular flexibility index (Phi) is 6.85. The minimum Gasteiger partial charge on any atom is -0.497 e. The van der Waals surface area contributed by atoms with Crippen LogP contribution in [-0.4, -0.2) is 51.3 Å². The maximum absolute atomic E-state index is 12.8. The van der Waals surface area contributed by atoms with Gasteiger partial charge in [-0.15, -0.1) is 0 Å². The van der Waals surface area contributed by atoms with Gasteiger partial charge in [-0.1, -0.05) is 0 Å². The molecule has 0 spiro atoms. The van der Waals surface area contributed by atoms with Gasteiger partial charge in [0, 0.05) is 32.2 Å². The SMILES string of the molecule is CCOCCCNC(=O)[C@]1(C)CCC(=O)N1c1ccc(OC)cc1OC. The summed E-state index contributed by atoms with van der Waals surface area (Å²) in [6.07, 6.45) is 1.51. The Balaban J connectivity index is 2.20. The predicted octanol–water partition coefficient (Wildman–Crippen LogP) is 2.13. The number of hydrogen-bond acceptors (Lipinski definition) is 5. The largest absolute Gasteiger partial charge is 0.497 e. The summed E-state index contributed by atoms with van der Waals surface area (Å²) in [5.41, 5.74) is -0.382. The molecule has 1 N–H and O–H groups in total. The van der Waals surface area contributed by atoms with E-state index in [0.29, 0.717) is 49.8 Å². The van der Waals surface area contributed by atoms with Crippen molar-refractivity contribution in [3.8, 4) is 11.5 Å². The van der Waals surface area contributed by atoms with Gasteiger partial charge in [0.1, 0.15) is 17.0 Å². The lowest BCUT2D eigenvalue weighted by Crippen LogP contribution is -2.55. The van der Waals surface area contributed by atoms with Gasteiger partial charge in [-0.3, -0.25) is 14.5 Å². The van der Waals surface area contributed by atoms with E-state index in [4.69, 9.17) is 14.2 Å². The van der Waals surface area contributed by atoms with Crippen molar-refractivity contribution < 1.29 is 23.8 Å². The Bertz CT molecular complexity index is 649. The Hall–Kier alpha value is -2.28. The normalized spacial score (nSPS) is 19.5. The molecule has 1 fully saturated rings. The molecule has 0 unspecified atom stereocenters. The number of hydrogen-bond donors (Lipinski definition) is 1. The minimum absolute atomic E-state index is 0.0968. The van der Waals surface area contributed by atoms with Crippen LogP contribution in [0.1, 0.15) is 33.1 Å². The van der Waals surface area contributed by atoms with Gasteiger partial charge in [0.25, 0.3) is 0 Å². The monoisotopic (exact) mass is 364 g/mol. The molecule has 0 saturated carbocycles. The second-order valence-corrected chi connectivity index (χ2v) is 6.35. The van der Waals surface area contributed by atoms with E-state index >= 15 is 0 Å². The molecule has 1 aromatic carbocycles. The molecule has 1 heterocycles. The first kappa shape index (κ1) is 20.0. The molecule has 0 aliphatic carbocycles. The number of rotatable bonds is 9. The standard InChI is InChI=1S/C19H28N2O5/c1-5-26-12-6-11-20-18(23)19(2)10-9-17(22)21(19)15-8-7-14(24-3)13-16(15)25-4/h7-8,13H,5-6,9-12H2,1-4H3,(H,20,23)/t19-/m0/s1. The topological polar surface area (TPSA) is 77.1 Å². The van der Waals surface area contributed by atoms with Crippen molar-refractivity contribution in [3.63, 3.8) is 0 Å². The van der Waals surface area contributed by atoms with Gasteiger partial charge in [-0.25, -0.2) is 0 Å². The molecule has 2 rings (SSSR count). The molecule has 1 aliphatic rings. The number of nitrogens with one attached hydrogen (secondary N) is 1. The molecule has 1 aliphatic heterocycles. The van der Waals surface area contributed by atoms with E-state index in [1.807, 2.05) is 6.92 Å². The van der Waals surface area contributed by atoms with Crippen LogP contribution in [-0.2, 0) is 14.3 Å². The number of nitrogens with zero attached hydrogens (tertiary/aromatic N) is 1. The number of carbonyl (C=O) groups excluding carboxylic acids is 2. The fourth-order valence-electron chi connectivity index (χ4n) is 3.14. The van der Waals surface area contributed by atoms with Crippen LogP contribution < -0.4 is 19.7 Å². The summed E-state index contributed by atoms with van der Waals surface area (Å²) in [6, 6.07) is 5.21. The second-order valence-electron chi connectivity index (χ2n) is 6.35. The Morgan fingerprint density at radius 2 is 2.08 bits per heavy atom. The zero-order valence-corrected chi connectivity index (χ0v) is 16.0. The fraction of sp³-hybridized carbons (Fsp3) is 0.579. The third-order valence-corrected chi connectivity index (χ3v) is 4.64. The average molecular weight is 364 g/mol. The van der Waals surface area contributed by atoms with Crippen molar-refractivity contribution in [2.75, 3.05) is 38.9 Å². The van der Waals surface area contributed by atoms with Gasteiger partial charge in [0.05, 0.1) is 19.9 Å². The third-order valence-electron chi connectivity index (χ3n) is 4.64. The van der Waals surface area contributed by atoms with Crippen LogP contribution in [0.4, 0.5) is 5.69 Å². The number of carbonyl (C=O) groups is 2. The summed E-state index contributed by atoms with van der Waals surface area (Å²) >= 11 is 0. The molecular weight excluding hydrogens is 336 g/mol. The van der Waals surface area contributed by atoms with Crippen molar-refractivity contribution in [2.24, 2.45) is 0 Å². The lowest BCUT2D eigenvalue weighted by molar-refractivity contribution is -0.127. The van der Waals surface area contributed by atoms with E-state index in [1.54, 1.807) is 37.1 Å². The lowest BCUT2D eigenvalue weighted by atomic mass is 9.96. The van der Waals surface area contributed by atoms with Gasteiger partial charge >= 0.3 is 0 Å². The van der Waals surface area contributed by atoms with E-state index in [9.17, 15) is 9.59 Å². The molecule has 0 bridgehead atoms. The summed E-state index contributed by atoms with van der Waals surface area (Å²) in [5.74, 6) is 0.854. The molecule has 7 nitrogen and oxygen atoms in total. The number of anilines is 1. The highest BCUT2D eigenvalue weighted by Crippen LogP contribution is 2.41. The molecule has 1 atom stereocenters. The highest BCUT2D eigenvalue weighted by molar-refractivity contribution is 6.07. The Labute approximate surface area is 154 Å². The number of amides is 2. The van der Waals surface area contributed by atoms with Crippen LogP contribution >= 0.6 is 0 Å². The lowest BCUT2D eigenvalue weighted by Gasteiger charge is -2.34. The van der Waals surface area contributed by atoms with Crippen molar-refractivity contribution >= 4 is 17.5 Å². The molecule has 0 aromatic heterocycles. The summed E-state index contributed by atoms with van der Waals surface area (Å²) < 4.78 is 15.9. The molecular formula is C19H28N2O5. The minimum atomic E-state index is -0.954. The number of ether oxygens (including phenoxy) is 3. The molecule has 1 saturated heterocycles. The van der Waals surface area contributed by atoms with Crippen LogP contribution in [0.15, 0.2) is 18.2 Å². The molecule has 1 aromatic rings. The Morgan fingerprint density at radius 1 is 1.31 bits per heavy atom. The first-order valence-corrected chi connectivity index (χ1v) is 8.89. The zero-order valence-electron chi connectivity index (χ0n) is 16.0. The maximum Gasteiger partial charge on any atom is 0.246 e. The first-order chi connectivity index (χ1) is 12.5. The van der Waals surface area contributed by atoms with Gasteiger partial charge in [-0.2, -0.15) is 0 Å². The van der Waals surface area contributed by atoms with Gasteiger partial charge in [0.15, 0.2) is 0 Å². The van der Waals surface area contributed by atoms with E-state index in [1.165, 1.54) is 7.11 Å². The predicted molar refractivity (Wildman–Crippen MR) is 98.8 cm³/mol. The van der Waals surface area contributed by atoms with Crippen LogP contribution in [0.3, 0.4) is 0 Å². The van der Waals surface area contributed by atoms with Crippen molar-refractivity contribution in [2.45, 2.75) is 38.6 Å². The molecule has 7 heteroatoms. The van der Waals surface area contributed by atoms with Crippen molar-refractivity contribution in [1.29, 1.82) is 0 Å². The first-order valence-electron chi connectivity index (χ1n) is 8.89. The summed E-state index contributed by atoms with van der Waals surface area (Å²) in [5, 5.41) is 2.93. The quantitative estimate of drug-likeness (QED) is 0.679. The number of benzene rings is 1. The van der Waals surface area contributed by atoms with E-state index in [-0.39, 0.29) is 11.8 Å². The third kappa shape index (κ3) is 4.09. The second kappa shape index (κ2) is 8.89. The fourth-order valence-corrected chi connectivity index (χ4v) is 3.14. The van der Waals surface area contributed by atoms with E-state index in [2.05, 4.69) is 5.32 Å². The number of methoxy groups -OCH3 is 2. The Morgan fingerprint density at radius 3 is 2.73 bits per heavy atom. The summed E-state index contributed by atoms with van der Waals surface area (Å²) in [7, 11) is 3.10. The molecule has 26 heavy (non-hydrogen) atoms. The van der Waals surface area contributed by atoms with Crippen LogP contribution in [0.5, 0.6) is 11.5 Å². The van der Waals surface area contributed by atoms with Crippen LogP contribution in [0, 0.1) is 0 Å². The van der Waals surface area contributed by atoms with Gasteiger partial charge < -0.3 is 19.5 Å². The highest BCUT2D eigenvalue weighted by Gasteiger charge is 2.48. The van der Waals surface area contributed by atoms with Gasteiger partial charge in [-0.05, 0) is 38.8 Å². The van der Waals surface area contributed by atoms with Crippen molar-refractivity contribution in [3.05, 3.63) is 18.2 Å². The summed E-state index contributed by atoms with van der Waals surface area (Å²) in [4.78, 5) is 27.0. The maximum atomic E-state index is 12.8. The average Bonchev–Trinajstić information content (AvgIpc) is 2.96. The van der Waals surface area contributed by atoms with E-state index < -0.39 is 5.54 Å². The van der Waals surface area contributed by atoms with Crippen molar-refractivity contribution in [1.82, 2.24) is 5.32 Å². The van der Waals surface area contributed by atoms with E-state index in [0.717, 1.165) is 6.42 Å².